The molecule has 5 heteroatoms. The Bertz CT molecular complexity index is 786. The molecular weight excluding hydrogens is 340 g/mol. The highest BCUT2D eigenvalue weighted by molar-refractivity contribution is 6.02. The average molecular weight is 368 g/mol. The summed E-state index contributed by atoms with van der Waals surface area (Å²) in [5.74, 6) is -1.26. The van der Waals surface area contributed by atoms with Crippen LogP contribution < -0.4 is 10.6 Å². The molecule has 1 aromatic carbocycles. The zero-order valence-corrected chi connectivity index (χ0v) is 16.1. The summed E-state index contributed by atoms with van der Waals surface area (Å²) < 4.78 is 0. The van der Waals surface area contributed by atoms with Crippen LogP contribution >= 0.6 is 0 Å². The normalized spacial score (nSPS) is 32.1. The molecule has 2 aliphatic carbocycles. The number of hydrogen-bond acceptors (Lipinski definition) is 3. The zero-order chi connectivity index (χ0) is 19.2. The van der Waals surface area contributed by atoms with Crippen molar-refractivity contribution in [2.45, 2.75) is 69.9 Å². The second-order valence-corrected chi connectivity index (χ2v) is 8.94. The lowest BCUT2D eigenvalue weighted by Crippen LogP contribution is -2.56. The van der Waals surface area contributed by atoms with E-state index < -0.39 is 5.92 Å². The molecule has 1 aliphatic heterocycles. The topological polar surface area (TPSA) is 75.3 Å². The van der Waals surface area contributed by atoms with E-state index in [1.807, 2.05) is 12.1 Å². The fraction of sp³-hybridized carbons (Fsp3) is 0.591. The van der Waals surface area contributed by atoms with Crippen LogP contribution in [0.4, 0.5) is 0 Å². The van der Waals surface area contributed by atoms with E-state index in [0.29, 0.717) is 12.8 Å². The lowest BCUT2D eigenvalue weighted by molar-refractivity contribution is -0.142. The molecule has 2 fully saturated rings. The molecule has 1 heterocycles. The van der Waals surface area contributed by atoms with Gasteiger partial charge in [-0.1, -0.05) is 38.1 Å². The molecule has 1 saturated heterocycles. The Morgan fingerprint density at radius 2 is 1.96 bits per heavy atom. The van der Waals surface area contributed by atoms with Crippen molar-refractivity contribution in [2.24, 2.45) is 11.8 Å². The minimum atomic E-state index is -0.768. The Labute approximate surface area is 160 Å². The average Bonchev–Trinajstić information content (AvgIpc) is 2.64. The summed E-state index contributed by atoms with van der Waals surface area (Å²) >= 11 is 0. The molecule has 0 spiro atoms. The SMILES string of the molecule is CC1(C)CCC(NC(=O)C2CC3C(=O)CCCC3NC2=O)c2ccccc21. The molecule has 4 unspecified atom stereocenters. The molecule has 3 aliphatic rings. The quantitative estimate of drug-likeness (QED) is 0.788. The Kier molecular flexibility index (Phi) is 4.57. The molecule has 0 aromatic heterocycles. The minimum absolute atomic E-state index is 0.0747. The first-order valence-corrected chi connectivity index (χ1v) is 10.1. The number of fused-ring (bicyclic) bond motifs is 2. The molecule has 1 aromatic rings. The van der Waals surface area contributed by atoms with Crippen molar-refractivity contribution in [1.82, 2.24) is 10.6 Å². The third-order valence-electron chi connectivity index (χ3n) is 6.73. The maximum atomic E-state index is 12.9. The van der Waals surface area contributed by atoms with Gasteiger partial charge in [0.1, 0.15) is 11.7 Å². The first-order chi connectivity index (χ1) is 12.9. The maximum absolute atomic E-state index is 12.9. The molecular formula is C22H28N2O3. The van der Waals surface area contributed by atoms with E-state index in [4.69, 9.17) is 0 Å². The molecule has 27 heavy (non-hydrogen) atoms. The van der Waals surface area contributed by atoms with Gasteiger partial charge in [-0.3, -0.25) is 14.4 Å². The van der Waals surface area contributed by atoms with Gasteiger partial charge >= 0.3 is 0 Å². The summed E-state index contributed by atoms with van der Waals surface area (Å²) in [4.78, 5) is 37.7. The van der Waals surface area contributed by atoms with Crippen LogP contribution in [0.5, 0.6) is 0 Å². The van der Waals surface area contributed by atoms with Crippen molar-refractivity contribution in [3.8, 4) is 0 Å². The molecule has 4 rings (SSSR count). The number of Topliss-reactive ketones (excluding diaryl/α,β-unsaturated/α-hetero) is 1. The summed E-state index contributed by atoms with van der Waals surface area (Å²) in [6.07, 6.45) is 4.41. The van der Waals surface area contributed by atoms with Gasteiger partial charge in [0.2, 0.25) is 11.8 Å². The smallest absolute Gasteiger partial charge is 0.233 e. The van der Waals surface area contributed by atoms with Gasteiger partial charge in [-0.15, -0.1) is 0 Å². The summed E-state index contributed by atoms with van der Waals surface area (Å²) in [7, 11) is 0. The van der Waals surface area contributed by atoms with Gasteiger partial charge in [0, 0.05) is 18.4 Å². The minimum Gasteiger partial charge on any atom is -0.352 e. The van der Waals surface area contributed by atoms with Crippen LogP contribution in [-0.4, -0.2) is 23.6 Å². The van der Waals surface area contributed by atoms with Crippen LogP contribution in [0, 0.1) is 11.8 Å². The first-order valence-electron chi connectivity index (χ1n) is 10.1. The number of benzene rings is 1. The maximum Gasteiger partial charge on any atom is 0.233 e. The van der Waals surface area contributed by atoms with Gasteiger partial charge < -0.3 is 10.6 Å². The van der Waals surface area contributed by atoms with E-state index >= 15 is 0 Å². The number of amides is 2. The van der Waals surface area contributed by atoms with Gasteiger partial charge in [0.15, 0.2) is 0 Å². The summed E-state index contributed by atoms with van der Waals surface area (Å²) in [6.45, 7) is 4.46. The van der Waals surface area contributed by atoms with E-state index in [0.717, 1.165) is 31.2 Å². The summed E-state index contributed by atoms with van der Waals surface area (Å²) in [5.41, 5.74) is 2.49. The highest BCUT2D eigenvalue weighted by Gasteiger charge is 2.44. The van der Waals surface area contributed by atoms with E-state index in [1.165, 1.54) is 5.56 Å². The first kappa shape index (κ1) is 18.2. The van der Waals surface area contributed by atoms with Crippen LogP contribution in [0.1, 0.15) is 69.5 Å². The largest absolute Gasteiger partial charge is 0.352 e. The van der Waals surface area contributed by atoms with Crippen LogP contribution in [0.15, 0.2) is 24.3 Å². The van der Waals surface area contributed by atoms with E-state index in [2.05, 4.69) is 36.6 Å². The fourth-order valence-corrected chi connectivity index (χ4v) is 5.08. The van der Waals surface area contributed by atoms with Crippen molar-refractivity contribution < 1.29 is 14.4 Å². The van der Waals surface area contributed by atoms with Crippen molar-refractivity contribution >= 4 is 17.6 Å². The van der Waals surface area contributed by atoms with Crippen LogP contribution in [-0.2, 0) is 19.8 Å². The Balaban J connectivity index is 1.51. The van der Waals surface area contributed by atoms with Gasteiger partial charge in [-0.25, -0.2) is 0 Å². The summed E-state index contributed by atoms with van der Waals surface area (Å²) in [6, 6.07) is 8.08. The third kappa shape index (κ3) is 3.28. The molecule has 1 saturated carbocycles. The molecule has 2 N–H and O–H groups in total. The van der Waals surface area contributed by atoms with E-state index in [9.17, 15) is 14.4 Å². The molecule has 144 valence electrons. The van der Waals surface area contributed by atoms with Crippen molar-refractivity contribution in [2.75, 3.05) is 0 Å². The molecule has 2 amide bonds. The molecule has 0 bridgehead atoms. The van der Waals surface area contributed by atoms with E-state index in [-0.39, 0.29) is 41.0 Å². The van der Waals surface area contributed by atoms with E-state index in [1.54, 1.807) is 0 Å². The standard InChI is InChI=1S/C22H28N2O3/c1-22(2)11-10-18(13-6-3-4-7-16(13)22)24-21(27)15-12-14-17(23-20(15)26)8-5-9-19(14)25/h3-4,6-7,14-15,17-18H,5,8-12H2,1-2H3,(H,23,26)(H,24,27). The second kappa shape index (κ2) is 6.77. The molecule has 0 radical (unpaired) electrons. The third-order valence-corrected chi connectivity index (χ3v) is 6.73. The monoisotopic (exact) mass is 368 g/mol. The Morgan fingerprint density at radius 1 is 1.19 bits per heavy atom. The highest BCUT2D eigenvalue weighted by Crippen LogP contribution is 2.41. The van der Waals surface area contributed by atoms with Crippen molar-refractivity contribution in [3.05, 3.63) is 35.4 Å². The van der Waals surface area contributed by atoms with Gasteiger partial charge in [0.25, 0.3) is 0 Å². The predicted octanol–water partition coefficient (Wildman–Crippen LogP) is 2.79. The van der Waals surface area contributed by atoms with Crippen LogP contribution in [0.25, 0.3) is 0 Å². The van der Waals surface area contributed by atoms with Crippen LogP contribution in [0.2, 0.25) is 0 Å². The second-order valence-electron chi connectivity index (χ2n) is 8.94. The number of ketones is 1. The summed E-state index contributed by atoms with van der Waals surface area (Å²) in [5, 5.41) is 6.04. The highest BCUT2D eigenvalue weighted by atomic mass is 16.2. The van der Waals surface area contributed by atoms with Gasteiger partial charge in [0.05, 0.1) is 6.04 Å². The molecule has 5 nitrogen and oxygen atoms in total. The number of piperidine rings is 1. The lowest BCUT2D eigenvalue weighted by atomic mass is 9.71. The van der Waals surface area contributed by atoms with Crippen molar-refractivity contribution in [3.63, 3.8) is 0 Å². The van der Waals surface area contributed by atoms with Gasteiger partial charge in [-0.2, -0.15) is 0 Å². The predicted molar refractivity (Wildman–Crippen MR) is 102 cm³/mol. The lowest BCUT2D eigenvalue weighted by Gasteiger charge is -2.40. The number of nitrogens with one attached hydrogen (secondary N) is 2. The number of hydrogen-bond donors (Lipinski definition) is 2. The Morgan fingerprint density at radius 3 is 2.78 bits per heavy atom. The number of carbonyl (C=O) groups is 3. The number of carbonyl (C=O) groups excluding carboxylic acids is 3. The fourth-order valence-electron chi connectivity index (χ4n) is 5.08. The molecule has 4 atom stereocenters. The van der Waals surface area contributed by atoms with Crippen LogP contribution in [0.3, 0.4) is 0 Å². The Hall–Kier alpha value is -2.17. The van der Waals surface area contributed by atoms with Gasteiger partial charge in [-0.05, 0) is 48.6 Å². The number of rotatable bonds is 2. The zero-order valence-electron chi connectivity index (χ0n) is 16.1. The van der Waals surface area contributed by atoms with Crippen molar-refractivity contribution in [1.29, 1.82) is 0 Å².